The van der Waals surface area contributed by atoms with Crippen LogP contribution in [0.1, 0.15) is 70.0 Å². The first-order valence-corrected chi connectivity index (χ1v) is 21.7. The van der Waals surface area contributed by atoms with Crippen LogP contribution in [-0.4, -0.2) is 101 Å². The number of ketones is 1. The van der Waals surface area contributed by atoms with Gasteiger partial charge in [0, 0.05) is 99.1 Å². The number of benzene rings is 3. The Kier molecular flexibility index (Phi) is 13.0. The highest BCUT2D eigenvalue weighted by Crippen LogP contribution is 2.48. The van der Waals surface area contributed by atoms with Crippen molar-refractivity contribution >= 4 is 62.0 Å². The maximum atomic E-state index is 14.8. The number of esters is 1. The van der Waals surface area contributed by atoms with E-state index in [1.165, 1.54) is 46.3 Å². The molecule has 4 bridgehead atoms. The van der Waals surface area contributed by atoms with Gasteiger partial charge in [0.2, 0.25) is 0 Å². The van der Waals surface area contributed by atoms with E-state index in [9.17, 15) is 34.5 Å². The molecule has 1 fully saturated rings. The van der Waals surface area contributed by atoms with E-state index in [1.54, 1.807) is 46.8 Å². The number of methoxy groups -OCH3 is 1. The molecule has 4 heterocycles. The molecule has 342 valence electrons. The summed E-state index contributed by atoms with van der Waals surface area (Å²) >= 11 is 0. The third-order valence-corrected chi connectivity index (χ3v) is 13.1. The van der Waals surface area contributed by atoms with E-state index in [0.717, 1.165) is 37.4 Å². The van der Waals surface area contributed by atoms with E-state index in [1.807, 2.05) is 19.1 Å². The number of carbonyl (C=O) groups excluding carboxylic acids is 3. The van der Waals surface area contributed by atoms with Crippen LogP contribution in [0.2, 0.25) is 0 Å². The van der Waals surface area contributed by atoms with Gasteiger partial charge in [-0.1, -0.05) is 45.9 Å². The number of hydrogen-bond donors (Lipinski definition) is 5. The molecule has 16 heteroatoms. The number of phenols is 1. The zero-order valence-electron chi connectivity index (χ0n) is 37.9. The lowest BCUT2D eigenvalue weighted by Gasteiger charge is -2.38. The fourth-order valence-electron chi connectivity index (χ4n) is 9.16. The first-order valence-electron chi connectivity index (χ1n) is 21.7. The number of carbonyl (C=O) groups is 3. The van der Waals surface area contributed by atoms with E-state index in [2.05, 4.69) is 15.5 Å². The van der Waals surface area contributed by atoms with Crippen LogP contribution in [0, 0.1) is 37.5 Å². The number of aryl methyl sites for hydroxylation is 1. The third kappa shape index (κ3) is 8.23. The molecule has 5 N–H and O–H groups in total. The topological polar surface area (TPSA) is 219 Å². The Bertz CT molecular complexity index is 2680. The van der Waals surface area contributed by atoms with E-state index in [-0.39, 0.29) is 50.0 Å². The van der Waals surface area contributed by atoms with Crippen LogP contribution in [0.5, 0.6) is 11.5 Å². The summed E-state index contributed by atoms with van der Waals surface area (Å²) in [4.78, 5) is 62.9. The smallest absolute Gasteiger partial charge is 0.312 e. The Morgan fingerprint density at radius 2 is 1.66 bits per heavy atom. The molecule has 7 rings (SSSR count). The second-order valence-electron chi connectivity index (χ2n) is 17.6. The number of amides is 1. The predicted octanol–water partition coefficient (Wildman–Crippen LogP) is 5.72. The van der Waals surface area contributed by atoms with Crippen molar-refractivity contribution in [2.24, 2.45) is 23.7 Å². The number of rotatable bonds is 3. The monoisotopic (exact) mass is 882 g/mol. The number of ether oxygens (including phenoxy) is 4. The summed E-state index contributed by atoms with van der Waals surface area (Å²) in [5, 5.41) is 41.0. The molecular formula is C48H58N4O12. The largest absolute Gasteiger partial charge is 0.505 e. The molecule has 0 saturated carbocycles. The number of anilines is 2. The Labute approximate surface area is 370 Å². The van der Waals surface area contributed by atoms with Crippen molar-refractivity contribution in [1.29, 1.82) is 0 Å². The van der Waals surface area contributed by atoms with Gasteiger partial charge in [-0.05, 0) is 38.5 Å². The molecule has 9 atom stereocenters. The first kappa shape index (κ1) is 46.2. The van der Waals surface area contributed by atoms with Gasteiger partial charge in [0.1, 0.15) is 28.6 Å². The fourth-order valence-corrected chi connectivity index (χ4v) is 9.16. The molecule has 1 amide bonds. The van der Waals surface area contributed by atoms with Gasteiger partial charge in [0.25, 0.3) is 11.7 Å². The Balaban J connectivity index is 1.46. The van der Waals surface area contributed by atoms with Crippen molar-refractivity contribution in [3.8, 4) is 11.5 Å². The molecule has 1 saturated heterocycles. The highest BCUT2D eigenvalue weighted by molar-refractivity contribution is 6.26. The number of piperazine rings is 1. The summed E-state index contributed by atoms with van der Waals surface area (Å²) in [6.07, 6.45) is 3.70. The van der Waals surface area contributed by atoms with Gasteiger partial charge in [-0.25, -0.2) is 4.98 Å². The van der Waals surface area contributed by atoms with Gasteiger partial charge in [0.15, 0.2) is 22.3 Å². The molecule has 0 radical (unpaired) electrons. The van der Waals surface area contributed by atoms with Crippen molar-refractivity contribution in [3.05, 3.63) is 75.2 Å². The molecule has 3 aliphatic heterocycles. The molecule has 3 aromatic carbocycles. The van der Waals surface area contributed by atoms with Crippen LogP contribution in [0.15, 0.2) is 57.5 Å². The number of phenolic OH excluding ortho intramolecular Hbond substituents is 1. The lowest BCUT2D eigenvalue weighted by atomic mass is 9.78. The quantitative estimate of drug-likeness (QED) is 0.0720. The number of nitrogens with one attached hydrogen (secondary N) is 2. The zero-order chi connectivity index (χ0) is 46.5. The number of nitrogens with zero attached hydrogens (tertiary/aromatic N) is 2. The highest BCUT2D eigenvalue weighted by atomic mass is 16.7. The molecule has 1 aromatic heterocycles. The van der Waals surface area contributed by atoms with Crippen molar-refractivity contribution in [2.75, 3.05) is 43.5 Å². The summed E-state index contributed by atoms with van der Waals surface area (Å²) in [5.74, 6) is -7.14. The van der Waals surface area contributed by atoms with Crippen LogP contribution in [0.25, 0.3) is 33.0 Å². The first-order chi connectivity index (χ1) is 30.3. The standard InChI is InChI=1S/C48H58N4O12/c1-22-12-11-13-23(2)47(59)51-38-42(57)34-33(37-45(38)63-32-21-30(20-24(3)36(32)50-37)52-17-15-49-16-18-52)35-44(28(7)41(34)56)64-48(9,46(35)58)61-19-14-31(60-10)25(4)43(62-29(8)53)27(6)40(55)26(5)39(22)54/h11-14,19-22,25-27,31,39-40,43,49,54-55,57H,15-18H2,1-10H3,(H,51,59)/b12-11+,19-14+,23-13+/t22-,25+,26+,27+,31-,39-,40+,43+,48-/m0/s1. The average molecular weight is 883 g/mol. The van der Waals surface area contributed by atoms with Crippen LogP contribution in [-0.2, 0) is 23.8 Å². The summed E-state index contributed by atoms with van der Waals surface area (Å²) < 4.78 is 30.6. The molecule has 16 nitrogen and oxygen atoms in total. The summed E-state index contributed by atoms with van der Waals surface area (Å²) in [5.41, 5.74) is 1.55. The molecule has 0 aliphatic carbocycles. The fraction of sp³-hybridized carbons (Fsp3) is 0.479. The zero-order valence-corrected chi connectivity index (χ0v) is 37.9. The van der Waals surface area contributed by atoms with Crippen LogP contribution >= 0.6 is 0 Å². The number of aromatic nitrogens is 1. The molecule has 0 spiro atoms. The maximum Gasteiger partial charge on any atom is 0.312 e. The van der Waals surface area contributed by atoms with Gasteiger partial charge in [-0.2, -0.15) is 0 Å². The second-order valence-corrected chi connectivity index (χ2v) is 17.6. The summed E-state index contributed by atoms with van der Waals surface area (Å²) in [6.45, 7) is 17.6. The van der Waals surface area contributed by atoms with Crippen LogP contribution in [0.3, 0.4) is 0 Å². The molecule has 64 heavy (non-hydrogen) atoms. The minimum Gasteiger partial charge on any atom is -0.505 e. The van der Waals surface area contributed by atoms with E-state index < -0.39 is 82.7 Å². The van der Waals surface area contributed by atoms with Gasteiger partial charge < -0.3 is 54.2 Å². The minimum absolute atomic E-state index is 0.00563. The van der Waals surface area contributed by atoms with E-state index in [0.29, 0.717) is 11.1 Å². The number of hydrogen-bond acceptors (Lipinski definition) is 15. The normalized spacial score (nSPS) is 30.2. The van der Waals surface area contributed by atoms with Crippen LogP contribution < -0.4 is 25.7 Å². The summed E-state index contributed by atoms with van der Waals surface area (Å²) in [7, 11) is 1.45. The van der Waals surface area contributed by atoms with Crippen molar-refractivity contribution in [1.82, 2.24) is 10.3 Å². The number of aliphatic hydroxyl groups is 2. The Hall–Kier alpha value is -5.81. The molecular weight excluding hydrogens is 825 g/mol. The highest BCUT2D eigenvalue weighted by Gasteiger charge is 2.49. The Morgan fingerprint density at radius 1 is 0.953 bits per heavy atom. The number of aliphatic hydroxyl groups excluding tert-OH is 2. The lowest BCUT2D eigenvalue weighted by Crippen LogP contribution is -2.46. The average Bonchev–Trinajstić information content (AvgIpc) is 3.54. The van der Waals surface area contributed by atoms with Gasteiger partial charge in [0.05, 0.1) is 35.5 Å². The number of aromatic hydroxyl groups is 1. The lowest BCUT2D eigenvalue weighted by molar-refractivity contribution is -0.160. The Morgan fingerprint density at radius 3 is 2.33 bits per heavy atom. The summed E-state index contributed by atoms with van der Waals surface area (Å²) in [6, 6.07) is 3.83. The van der Waals surface area contributed by atoms with Crippen molar-refractivity contribution < 1.29 is 53.1 Å². The third-order valence-electron chi connectivity index (χ3n) is 13.1. The van der Waals surface area contributed by atoms with Gasteiger partial charge >= 0.3 is 11.8 Å². The number of fused-ring (bicyclic) bond motifs is 2. The molecule has 0 unspecified atom stereocenters. The SMILES string of the molecule is CO[C@H]1/C=C/O[C@@]2(C)Oc3c(C)c(=O)c4c(O)c(c5oc6cc(N7CCNCC7)cc(C)c6nc5c4c3C2=O)NC(=O)/C(C)=C/C=C/[C@H](C)[C@H](O)[C@@H](C)[C@@H](O)[C@@H](C)[C@H](OC(C)=O)[C@@H]1C. The van der Waals surface area contributed by atoms with Crippen molar-refractivity contribution in [2.45, 2.75) is 92.5 Å². The minimum atomic E-state index is -2.03. The van der Waals surface area contributed by atoms with E-state index >= 15 is 0 Å². The van der Waals surface area contributed by atoms with Crippen molar-refractivity contribution in [3.63, 3.8) is 0 Å². The van der Waals surface area contributed by atoms with Gasteiger partial charge in [-0.15, -0.1) is 0 Å². The number of Topliss-reactive ketones (excluding diaryl/α,β-unsaturated/α-hetero) is 1. The molecule has 4 aromatic rings. The van der Waals surface area contributed by atoms with Crippen LogP contribution in [0.4, 0.5) is 11.4 Å². The molecule has 3 aliphatic rings. The van der Waals surface area contributed by atoms with E-state index in [4.69, 9.17) is 28.3 Å². The number of allylic oxidation sites excluding steroid dienone is 2. The van der Waals surface area contributed by atoms with Gasteiger partial charge in [-0.3, -0.25) is 19.2 Å². The second kappa shape index (κ2) is 18.0. The predicted molar refractivity (Wildman–Crippen MR) is 242 cm³/mol. The maximum absolute atomic E-state index is 14.8.